The Labute approximate surface area is 74.3 Å². The quantitative estimate of drug-likeness (QED) is 0.645. The molecule has 1 radical (unpaired) electrons. The van der Waals surface area contributed by atoms with Crippen LogP contribution in [0.3, 0.4) is 0 Å². The van der Waals surface area contributed by atoms with Gasteiger partial charge in [0, 0.05) is 13.0 Å². The average molecular weight is 169 g/mol. The Bertz CT molecular complexity index is 137. The van der Waals surface area contributed by atoms with Crippen molar-refractivity contribution in [2.24, 2.45) is 11.8 Å². The van der Waals surface area contributed by atoms with Gasteiger partial charge in [-0.05, 0) is 31.6 Å². The summed E-state index contributed by atoms with van der Waals surface area (Å²) < 4.78 is 5.25. The molecule has 0 N–H and O–H groups in total. The highest BCUT2D eigenvalue weighted by atomic mass is 16.5. The van der Waals surface area contributed by atoms with Crippen LogP contribution in [0, 0.1) is 11.8 Å². The van der Waals surface area contributed by atoms with Gasteiger partial charge in [-0.15, -0.1) is 0 Å². The highest BCUT2D eigenvalue weighted by molar-refractivity contribution is 5.54. The smallest absolute Gasteiger partial charge is 0.201 e. The molecule has 2 heteroatoms. The number of ether oxygens (including phenoxy) is 1. The summed E-state index contributed by atoms with van der Waals surface area (Å²) in [5.74, 6) is 0.664. The van der Waals surface area contributed by atoms with Crippen LogP contribution in [0.1, 0.15) is 32.6 Å². The number of hydrogen-bond acceptors (Lipinski definition) is 2. The Balaban J connectivity index is 2.30. The first-order chi connectivity index (χ1) is 5.77. The first-order valence-electron chi connectivity index (χ1n) is 4.68. The van der Waals surface area contributed by atoms with Crippen LogP contribution in [-0.2, 0) is 9.53 Å². The average Bonchev–Trinajstić information content (AvgIpc) is 2.17. The fourth-order valence-corrected chi connectivity index (χ4v) is 1.92. The van der Waals surface area contributed by atoms with E-state index in [9.17, 15) is 4.79 Å². The molecule has 0 bridgehead atoms. The Morgan fingerprint density at radius 3 is 2.33 bits per heavy atom. The van der Waals surface area contributed by atoms with Gasteiger partial charge in [0.2, 0.25) is 6.29 Å². The van der Waals surface area contributed by atoms with Gasteiger partial charge < -0.3 is 4.74 Å². The lowest BCUT2D eigenvalue weighted by Gasteiger charge is -2.28. The third-order valence-electron chi connectivity index (χ3n) is 2.95. The molecule has 2 nitrogen and oxygen atoms in total. The molecule has 0 amide bonds. The molecule has 1 fully saturated rings. The Kier molecular flexibility index (Phi) is 3.73. The lowest BCUT2D eigenvalue weighted by molar-refractivity contribution is 0.0525. The van der Waals surface area contributed by atoms with Crippen LogP contribution in [0.5, 0.6) is 0 Å². The van der Waals surface area contributed by atoms with Crippen LogP contribution < -0.4 is 0 Å². The topological polar surface area (TPSA) is 26.3 Å². The lowest BCUT2D eigenvalue weighted by atomic mass is 9.80. The summed E-state index contributed by atoms with van der Waals surface area (Å²) in [6.45, 7) is 1.96. The van der Waals surface area contributed by atoms with E-state index in [0.29, 0.717) is 12.0 Å². The summed E-state index contributed by atoms with van der Waals surface area (Å²) in [5.41, 5.74) is 0. The van der Waals surface area contributed by atoms with Crippen LogP contribution in [-0.4, -0.2) is 19.5 Å². The fraction of sp³-hybridized carbons (Fsp3) is 0.900. The molecule has 69 valence electrons. The summed E-state index contributed by atoms with van der Waals surface area (Å²) in [4.78, 5) is 10.4. The number of hydrogen-bond donors (Lipinski definition) is 0. The SMILES string of the molecule is COC1CCC(C(C)[C]=O)CC1. The highest BCUT2D eigenvalue weighted by Gasteiger charge is 2.24. The fourth-order valence-electron chi connectivity index (χ4n) is 1.92. The Morgan fingerprint density at radius 1 is 1.33 bits per heavy atom. The van der Waals surface area contributed by atoms with Crippen LogP contribution in [0.15, 0.2) is 0 Å². The van der Waals surface area contributed by atoms with Crippen LogP contribution in [0.25, 0.3) is 0 Å². The second-order valence-electron chi connectivity index (χ2n) is 3.68. The maximum absolute atomic E-state index is 10.4. The summed E-state index contributed by atoms with van der Waals surface area (Å²) in [6.07, 6.45) is 6.96. The first kappa shape index (κ1) is 9.72. The van der Waals surface area contributed by atoms with E-state index >= 15 is 0 Å². The summed E-state index contributed by atoms with van der Waals surface area (Å²) in [7, 11) is 1.76. The van der Waals surface area contributed by atoms with Crippen LogP contribution >= 0.6 is 0 Å². The third kappa shape index (κ3) is 2.31. The molecular formula is C10H17O2. The maximum atomic E-state index is 10.4. The number of rotatable bonds is 3. The minimum Gasteiger partial charge on any atom is -0.381 e. The molecule has 1 aliphatic rings. The Hall–Kier alpha value is -0.370. The van der Waals surface area contributed by atoms with Crippen molar-refractivity contribution in [2.45, 2.75) is 38.7 Å². The van der Waals surface area contributed by atoms with Crippen molar-refractivity contribution >= 4 is 6.29 Å². The standard InChI is InChI=1S/C10H17O2/c1-8(7-11)9-3-5-10(12-2)6-4-9/h8-10H,3-6H2,1-2H3. The van der Waals surface area contributed by atoms with Gasteiger partial charge in [0.15, 0.2) is 0 Å². The van der Waals surface area contributed by atoms with Crippen LogP contribution in [0.2, 0.25) is 0 Å². The molecule has 1 aliphatic carbocycles. The van der Waals surface area contributed by atoms with Crippen molar-refractivity contribution in [3.8, 4) is 0 Å². The van der Waals surface area contributed by atoms with E-state index in [0.717, 1.165) is 25.7 Å². The second kappa shape index (κ2) is 4.61. The lowest BCUT2D eigenvalue weighted by Crippen LogP contribution is -2.24. The van der Waals surface area contributed by atoms with Crippen molar-refractivity contribution in [1.82, 2.24) is 0 Å². The molecule has 0 heterocycles. The van der Waals surface area contributed by atoms with Crippen molar-refractivity contribution in [3.63, 3.8) is 0 Å². The largest absolute Gasteiger partial charge is 0.381 e. The number of methoxy groups -OCH3 is 1. The number of carbonyl (C=O) groups excluding carboxylic acids is 1. The van der Waals surface area contributed by atoms with E-state index in [1.54, 1.807) is 7.11 Å². The van der Waals surface area contributed by atoms with Gasteiger partial charge >= 0.3 is 0 Å². The molecule has 1 saturated carbocycles. The van der Waals surface area contributed by atoms with E-state index in [2.05, 4.69) is 6.29 Å². The zero-order valence-corrected chi connectivity index (χ0v) is 7.88. The monoisotopic (exact) mass is 169 g/mol. The highest BCUT2D eigenvalue weighted by Crippen LogP contribution is 2.30. The van der Waals surface area contributed by atoms with E-state index in [4.69, 9.17) is 4.74 Å². The zero-order chi connectivity index (χ0) is 8.97. The Morgan fingerprint density at radius 2 is 1.92 bits per heavy atom. The molecule has 12 heavy (non-hydrogen) atoms. The minimum atomic E-state index is 0.114. The van der Waals surface area contributed by atoms with Crippen molar-refractivity contribution in [3.05, 3.63) is 0 Å². The van der Waals surface area contributed by atoms with Crippen LogP contribution in [0.4, 0.5) is 0 Å². The summed E-state index contributed by atoms with van der Waals surface area (Å²) >= 11 is 0. The second-order valence-corrected chi connectivity index (χ2v) is 3.68. The van der Waals surface area contributed by atoms with Crippen molar-refractivity contribution in [1.29, 1.82) is 0 Å². The van der Waals surface area contributed by atoms with Gasteiger partial charge in [0.25, 0.3) is 0 Å². The molecule has 0 aliphatic heterocycles. The summed E-state index contributed by atoms with van der Waals surface area (Å²) in [5, 5.41) is 0. The normalized spacial score (nSPS) is 32.8. The molecule has 0 spiro atoms. The van der Waals surface area contributed by atoms with Gasteiger partial charge in [-0.2, -0.15) is 0 Å². The molecule has 0 aromatic carbocycles. The molecule has 0 aromatic rings. The van der Waals surface area contributed by atoms with Gasteiger partial charge in [-0.1, -0.05) is 6.92 Å². The van der Waals surface area contributed by atoms with Crippen molar-refractivity contribution < 1.29 is 9.53 Å². The van der Waals surface area contributed by atoms with Gasteiger partial charge in [-0.3, -0.25) is 4.79 Å². The predicted molar refractivity (Wildman–Crippen MR) is 47.6 cm³/mol. The molecule has 1 rings (SSSR count). The van der Waals surface area contributed by atoms with Gasteiger partial charge in [0.05, 0.1) is 6.10 Å². The predicted octanol–water partition coefficient (Wildman–Crippen LogP) is 1.94. The van der Waals surface area contributed by atoms with Crippen molar-refractivity contribution in [2.75, 3.05) is 7.11 Å². The third-order valence-corrected chi connectivity index (χ3v) is 2.95. The molecule has 0 aromatic heterocycles. The van der Waals surface area contributed by atoms with E-state index in [-0.39, 0.29) is 5.92 Å². The first-order valence-corrected chi connectivity index (χ1v) is 4.68. The minimum absolute atomic E-state index is 0.114. The van der Waals surface area contributed by atoms with E-state index < -0.39 is 0 Å². The van der Waals surface area contributed by atoms with Gasteiger partial charge in [0.1, 0.15) is 0 Å². The van der Waals surface area contributed by atoms with E-state index in [1.807, 2.05) is 6.92 Å². The molecular weight excluding hydrogens is 152 g/mol. The molecule has 1 atom stereocenters. The maximum Gasteiger partial charge on any atom is 0.201 e. The van der Waals surface area contributed by atoms with E-state index in [1.165, 1.54) is 0 Å². The molecule has 0 saturated heterocycles. The summed E-state index contributed by atoms with van der Waals surface area (Å²) in [6, 6.07) is 0. The van der Waals surface area contributed by atoms with Gasteiger partial charge in [-0.25, -0.2) is 0 Å². The molecule has 1 unspecified atom stereocenters. The zero-order valence-electron chi connectivity index (χ0n) is 7.88.